The molecule has 4 rings (SSSR count). The average Bonchev–Trinajstić information content (AvgIpc) is 3.16. The lowest BCUT2D eigenvalue weighted by Crippen LogP contribution is -2.46. The Labute approximate surface area is 141 Å². The molecule has 0 amide bonds. The molecular weight excluding hydrogens is 306 g/mol. The van der Waals surface area contributed by atoms with E-state index in [-0.39, 0.29) is 0 Å². The maximum atomic E-state index is 4.79. The van der Waals surface area contributed by atoms with Crippen LogP contribution in [0.4, 0.5) is 11.6 Å². The topological polar surface area (TPSA) is 74.4 Å². The summed E-state index contributed by atoms with van der Waals surface area (Å²) in [6.45, 7) is 6.74. The van der Waals surface area contributed by atoms with E-state index in [4.69, 9.17) is 4.52 Å². The molecule has 0 saturated carbocycles. The van der Waals surface area contributed by atoms with Crippen molar-refractivity contribution in [2.24, 2.45) is 0 Å². The molecule has 0 aliphatic carbocycles. The lowest BCUT2D eigenvalue weighted by molar-refractivity contribution is 0.239. The summed E-state index contributed by atoms with van der Waals surface area (Å²) in [4.78, 5) is 11.0. The molecule has 0 unspecified atom stereocenters. The van der Waals surface area contributed by atoms with Crippen LogP contribution in [-0.4, -0.2) is 64.5 Å². The first-order chi connectivity index (χ1) is 11.9. The molecule has 0 bridgehead atoms. The summed E-state index contributed by atoms with van der Waals surface area (Å²) in [5.41, 5.74) is 0. The minimum absolute atomic E-state index is 0.740. The predicted molar refractivity (Wildman–Crippen MR) is 89.9 cm³/mol. The van der Waals surface area contributed by atoms with Crippen LogP contribution in [0.2, 0.25) is 0 Å². The van der Waals surface area contributed by atoms with Crippen molar-refractivity contribution in [2.75, 3.05) is 49.1 Å². The summed E-state index contributed by atoms with van der Waals surface area (Å²) in [5.74, 6) is 2.72. The molecule has 2 aromatic rings. The van der Waals surface area contributed by atoms with Gasteiger partial charge in [0.25, 0.3) is 0 Å². The third-order valence-electron chi connectivity index (χ3n) is 4.78. The van der Waals surface area contributed by atoms with E-state index in [0.29, 0.717) is 0 Å². The summed E-state index contributed by atoms with van der Waals surface area (Å²) in [5, 5.41) is 12.8. The molecule has 2 aromatic heterocycles. The first-order valence-electron chi connectivity index (χ1n) is 8.70. The molecule has 0 N–H and O–H groups in total. The quantitative estimate of drug-likeness (QED) is 0.827. The fourth-order valence-corrected chi connectivity index (χ4v) is 3.38. The Kier molecular flexibility index (Phi) is 4.55. The SMILES string of the molecule is c1nc(CN2CCN(c3ccc(N4CCCCC4)nn3)CC2)no1. The molecule has 0 radical (unpaired) electrons. The molecule has 2 saturated heterocycles. The maximum absolute atomic E-state index is 4.79. The van der Waals surface area contributed by atoms with Crippen LogP contribution in [0.1, 0.15) is 25.1 Å². The number of piperazine rings is 1. The Bertz CT molecular complexity index is 616. The summed E-state index contributed by atoms with van der Waals surface area (Å²) in [7, 11) is 0. The zero-order chi connectivity index (χ0) is 16.2. The summed E-state index contributed by atoms with van der Waals surface area (Å²) >= 11 is 0. The van der Waals surface area contributed by atoms with E-state index in [0.717, 1.165) is 63.3 Å². The van der Waals surface area contributed by atoms with Gasteiger partial charge in [-0.2, -0.15) is 4.98 Å². The van der Waals surface area contributed by atoms with Gasteiger partial charge in [0.2, 0.25) is 6.39 Å². The Morgan fingerprint density at radius 1 is 0.833 bits per heavy atom. The zero-order valence-corrected chi connectivity index (χ0v) is 13.8. The average molecular weight is 329 g/mol. The van der Waals surface area contributed by atoms with E-state index in [9.17, 15) is 0 Å². The lowest BCUT2D eigenvalue weighted by Gasteiger charge is -2.34. The van der Waals surface area contributed by atoms with Gasteiger partial charge in [-0.1, -0.05) is 5.16 Å². The van der Waals surface area contributed by atoms with Gasteiger partial charge >= 0.3 is 0 Å². The van der Waals surface area contributed by atoms with Crippen molar-refractivity contribution < 1.29 is 4.52 Å². The number of hydrogen-bond acceptors (Lipinski definition) is 8. The van der Waals surface area contributed by atoms with Crippen LogP contribution < -0.4 is 9.80 Å². The van der Waals surface area contributed by atoms with Gasteiger partial charge < -0.3 is 14.3 Å². The van der Waals surface area contributed by atoms with E-state index in [1.54, 1.807) is 0 Å². The van der Waals surface area contributed by atoms with Crippen molar-refractivity contribution >= 4 is 11.6 Å². The third-order valence-corrected chi connectivity index (χ3v) is 4.78. The fourth-order valence-electron chi connectivity index (χ4n) is 3.38. The molecule has 0 spiro atoms. The van der Waals surface area contributed by atoms with Crippen LogP contribution >= 0.6 is 0 Å². The van der Waals surface area contributed by atoms with E-state index in [1.807, 2.05) is 0 Å². The smallest absolute Gasteiger partial charge is 0.213 e. The molecule has 2 fully saturated rings. The second-order valence-electron chi connectivity index (χ2n) is 6.41. The first-order valence-corrected chi connectivity index (χ1v) is 8.70. The Morgan fingerprint density at radius 2 is 1.50 bits per heavy atom. The number of piperidine rings is 1. The minimum Gasteiger partial charge on any atom is -0.355 e. The van der Waals surface area contributed by atoms with Gasteiger partial charge in [-0.15, -0.1) is 10.2 Å². The molecule has 0 atom stereocenters. The Morgan fingerprint density at radius 3 is 2.08 bits per heavy atom. The van der Waals surface area contributed by atoms with E-state index < -0.39 is 0 Å². The van der Waals surface area contributed by atoms with E-state index in [1.165, 1.54) is 25.7 Å². The van der Waals surface area contributed by atoms with Crippen LogP contribution in [0, 0.1) is 0 Å². The van der Waals surface area contributed by atoms with Gasteiger partial charge in [0.05, 0.1) is 6.54 Å². The molecular formula is C16H23N7O. The number of hydrogen-bond donors (Lipinski definition) is 0. The van der Waals surface area contributed by atoms with Crippen LogP contribution in [0.5, 0.6) is 0 Å². The predicted octanol–water partition coefficient (Wildman–Crippen LogP) is 1.17. The largest absolute Gasteiger partial charge is 0.355 e. The molecule has 8 heteroatoms. The Balaban J connectivity index is 1.32. The molecule has 24 heavy (non-hydrogen) atoms. The molecule has 128 valence electrons. The zero-order valence-electron chi connectivity index (χ0n) is 13.8. The van der Waals surface area contributed by atoms with E-state index >= 15 is 0 Å². The second kappa shape index (κ2) is 7.12. The van der Waals surface area contributed by atoms with Crippen molar-refractivity contribution in [3.63, 3.8) is 0 Å². The van der Waals surface area contributed by atoms with Gasteiger partial charge in [-0.25, -0.2) is 0 Å². The van der Waals surface area contributed by atoms with Crippen LogP contribution in [-0.2, 0) is 6.54 Å². The van der Waals surface area contributed by atoms with Crippen molar-refractivity contribution in [1.82, 2.24) is 25.2 Å². The normalized spacial score (nSPS) is 19.7. The van der Waals surface area contributed by atoms with Crippen molar-refractivity contribution in [3.05, 3.63) is 24.4 Å². The first kappa shape index (κ1) is 15.3. The monoisotopic (exact) mass is 329 g/mol. The van der Waals surface area contributed by atoms with Crippen LogP contribution in [0.15, 0.2) is 23.0 Å². The molecule has 8 nitrogen and oxygen atoms in total. The Hall–Kier alpha value is -2.22. The molecule has 0 aromatic carbocycles. The fraction of sp³-hybridized carbons (Fsp3) is 0.625. The van der Waals surface area contributed by atoms with Crippen molar-refractivity contribution in [1.29, 1.82) is 0 Å². The van der Waals surface area contributed by atoms with Crippen LogP contribution in [0.3, 0.4) is 0 Å². The number of aromatic nitrogens is 4. The van der Waals surface area contributed by atoms with Gasteiger partial charge in [-0.3, -0.25) is 4.90 Å². The standard InChI is InChI=1S/C16H23N7O/c1-2-6-22(7-3-1)15-4-5-16(19-18-15)23-10-8-21(9-11-23)12-14-17-13-24-20-14/h4-5,13H,1-3,6-12H2. The van der Waals surface area contributed by atoms with Gasteiger partial charge in [-0.05, 0) is 31.4 Å². The van der Waals surface area contributed by atoms with Gasteiger partial charge in [0.15, 0.2) is 17.5 Å². The summed E-state index contributed by atoms with van der Waals surface area (Å²) in [6, 6.07) is 4.21. The molecule has 4 heterocycles. The molecule has 2 aliphatic rings. The highest BCUT2D eigenvalue weighted by atomic mass is 16.5. The summed E-state index contributed by atoms with van der Waals surface area (Å²) < 4.78 is 4.79. The number of nitrogens with zero attached hydrogens (tertiary/aromatic N) is 7. The van der Waals surface area contributed by atoms with Crippen molar-refractivity contribution in [2.45, 2.75) is 25.8 Å². The van der Waals surface area contributed by atoms with Gasteiger partial charge in [0, 0.05) is 39.3 Å². The van der Waals surface area contributed by atoms with E-state index in [2.05, 4.69) is 47.2 Å². The summed E-state index contributed by atoms with van der Waals surface area (Å²) in [6.07, 6.45) is 5.22. The molecule has 2 aliphatic heterocycles. The maximum Gasteiger partial charge on any atom is 0.213 e. The highest BCUT2D eigenvalue weighted by molar-refractivity contribution is 5.45. The second-order valence-corrected chi connectivity index (χ2v) is 6.41. The lowest BCUT2D eigenvalue weighted by atomic mass is 10.1. The number of anilines is 2. The third kappa shape index (κ3) is 3.48. The number of rotatable bonds is 4. The highest BCUT2D eigenvalue weighted by Gasteiger charge is 2.20. The van der Waals surface area contributed by atoms with Gasteiger partial charge in [0.1, 0.15) is 0 Å². The van der Waals surface area contributed by atoms with Crippen molar-refractivity contribution in [3.8, 4) is 0 Å². The minimum atomic E-state index is 0.740. The highest BCUT2D eigenvalue weighted by Crippen LogP contribution is 2.20. The van der Waals surface area contributed by atoms with Crippen LogP contribution in [0.25, 0.3) is 0 Å².